The number of hydrogen-bond acceptors (Lipinski definition) is 5. The number of carbonyl (C=O) groups is 1. The third kappa shape index (κ3) is 4.74. The van der Waals surface area contributed by atoms with Crippen LogP contribution in [0.1, 0.15) is 51.0 Å². The van der Waals surface area contributed by atoms with Gasteiger partial charge in [-0.1, -0.05) is 12.1 Å². The van der Waals surface area contributed by atoms with Gasteiger partial charge in [0.1, 0.15) is 6.61 Å². The normalized spacial score (nSPS) is 31.8. The first-order valence-corrected chi connectivity index (χ1v) is 12.6. The number of hydrogen-bond donors (Lipinski definition) is 0. The van der Waals surface area contributed by atoms with E-state index in [1.807, 2.05) is 37.3 Å². The first kappa shape index (κ1) is 22.0. The van der Waals surface area contributed by atoms with E-state index in [1.54, 1.807) is 0 Å². The van der Waals surface area contributed by atoms with Crippen LogP contribution in [0.15, 0.2) is 24.3 Å². The average Bonchev–Trinajstić information content (AvgIpc) is 2.78. The van der Waals surface area contributed by atoms with Gasteiger partial charge in [0, 0.05) is 25.0 Å². The smallest absolute Gasteiger partial charge is 0.161 e. The van der Waals surface area contributed by atoms with Crippen LogP contribution in [0.3, 0.4) is 0 Å². The highest BCUT2D eigenvalue weighted by atomic mass is 16.5. The van der Waals surface area contributed by atoms with Crippen molar-refractivity contribution in [2.75, 3.05) is 46.1 Å². The predicted octanol–water partition coefficient (Wildman–Crippen LogP) is 4.60. The lowest BCUT2D eigenvalue weighted by Crippen LogP contribution is -2.49. The molecular formula is C27H37NO4. The van der Waals surface area contributed by atoms with Gasteiger partial charge in [0.05, 0.1) is 19.8 Å². The molecule has 6 rings (SSSR count). The molecule has 1 aliphatic heterocycles. The fraction of sp³-hybridized carbons (Fsp3) is 0.667. The molecule has 1 heterocycles. The van der Waals surface area contributed by atoms with Gasteiger partial charge in [0.15, 0.2) is 17.3 Å². The summed E-state index contributed by atoms with van der Waals surface area (Å²) in [5, 5.41) is 0. The molecule has 5 nitrogen and oxygen atoms in total. The third-order valence-corrected chi connectivity index (χ3v) is 8.02. The molecule has 0 spiro atoms. The zero-order valence-corrected chi connectivity index (χ0v) is 19.4. The summed E-state index contributed by atoms with van der Waals surface area (Å²) in [6, 6.07) is 5.99. The molecule has 0 amide bonds. The van der Waals surface area contributed by atoms with Crippen molar-refractivity contribution in [2.45, 2.75) is 45.4 Å². The minimum atomic E-state index is -0.0729. The standard InChI is InChI=1S/C27H37NO4/c1-2-31-25-16-20(3-5-24(25)32-12-9-28-7-10-30-11-8-28)4-6-26(29)27-17-21-13-22(18-27)15-23(14-21)19-27/h3-6,16,21-23H,2,7-15,17-19H2,1H3/b6-4+. The number of allylic oxidation sites excluding steroid dienone is 1. The number of ether oxygens (including phenoxy) is 3. The summed E-state index contributed by atoms with van der Waals surface area (Å²) in [6.45, 7) is 7.60. The number of morpholine rings is 1. The first-order valence-electron chi connectivity index (χ1n) is 12.6. The van der Waals surface area contributed by atoms with Gasteiger partial charge in [-0.2, -0.15) is 0 Å². The summed E-state index contributed by atoms with van der Waals surface area (Å²) < 4.78 is 17.3. The maximum absolute atomic E-state index is 13.3. The maximum Gasteiger partial charge on any atom is 0.161 e. The minimum Gasteiger partial charge on any atom is -0.490 e. The molecule has 0 aromatic heterocycles. The molecule has 0 N–H and O–H groups in total. The molecule has 0 radical (unpaired) electrons. The van der Waals surface area contributed by atoms with Crippen molar-refractivity contribution in [3.05, 3.63) is 29.8 Å². The van der Waals surface area contributed by atoms with Gasteiger partial charge in [0.2, 0.25) is 0 Å². The van der Waals surface area contributed by atoms with Crippen LogP contribution in [-0.4, -0.2) is 56.7 Å². The lowest BCUT2D eigenvalue weighted by molar-refractivity contribution is -0.138. The highest BCUT2D eigenvalue weighted by Gasteiger charge is 2.53. The van der Waals surface area contributed by atoms with Crippen LogP contribution >= 0.6 is 0 Å². The molecular weight excluding hydrogens is 402 g/mol. The second-order valence-corrected chi connectivity index (χ2v) is 10.3. The van der Waals surface area contributed by atoms with E-state index in [-0.39, 0.29) is 5.41 Å². The quantitative estimate of drug-likeness (QED) is 0.527. The SMILES string of the molecule is CCOc1cc(/C=C/C(=O)C23CC4CC(CC(C4)C2)C3)ccc1OCCN1CCOCC1. The Labute approximate surface area is 192 Å². The van der Waals surface area contributed by atoms with Crippen molar-refractivity contribution in [1.82, 2.24) is 4.90 Å². The highest BCUT2D eigenvalue weighted by molar-refractivity contribution is 5.98. The van der Waals surface area contributed by atoms with Crippen LogP contribution in [0, 0.1) is 23.2 Å². The van der Waals surface area contributed by atoms with E-state index in [2.05, 4.69) is 4.90 Å². The van der Waals surface area contributed by atoms with Crippen LogP contribution in [0.4, 0.5) is 0 Å². The number of rotatable bonds is 9. The fourth-order valence-electron chi connectivity index (χ4n) is 6.89. The Balaban J connectivity index is 1.22. The molecule has 4 saturated carbocycles. The Bertz CT molecular complexity index is 807. The van der Waals surface area contributed by atoms with E-state index in [4.69, 9.17) is 14.2 Å². The largest absolute Gasteiger partial charge is 0.490 e. The number of nitrogens with zero attached hydrogens (tertiary/aromatic N) is 1. The summed E-state index contributed by atoms with van der Waals surface area (Å²) in [7, 11) is 0. The van der Waals surface area contributed by atoms with E-state index in [0.29, 0.717) is 19.0 Å². The molecule has 5 fully saturated rings. The Morgan fingerprint density at radius 3 is 2.41 bits per heavy atom. The van der Waals surface area contributed by atoms with E-state index in [1.165, 1.54) is 19.3 Å². The Morgan fingerprint density at radius 2 is 1.75 bits per heavy atom. The summed E-state index contributed by atoms with van der Waals surface area (Å²) in [5.41, 5.74) is 0.920. The van der Waals surface area contributed by atoms with Gasteiger partial charge in [-0.25, -0.2) is 0 Å². The molecule has 0 atom stereocenters. The number of benzene rings is 1. The fourth-order valence-corrected chi connectivity index (χ4v) is 6.89. The summed E-state index contributed by atoms with van der Waals surface area (Å²) in [4.78, 5) is 15.6. The second kappa shape index (κ2) is 9.56. The molecule has 1 saturated heterocycles. The van der Waals surface area contributed by atoms with E-state index in [0.717, 1.165) is 86.9 Å². The molecule has 1 aromatic rings. The Kier molecular flexibility index (Phi) is 6.56. The van der Waals surface area contributed by atoms with Gasteiger partial charge in [-0.05, 0) is 87.0 Å². The summed E-state index contributed by atoms with van der Waals surface area (Å²) >= 11 is 0. The number of carbonyl (C=O) groups excluding carboxylic acids is 1. The van der Waals surface area contributed by atoms with E-state index < -0.39 is 0 Å². The van der Waals surface area contributed by atoms with Crippen LogP contribution < -0.4 is 9.47 Å². The number of ketones is 1. The molecule has 174 valence electrons. The lowest BCUT2D eigenvalue weighted by atomic mass is 9.48. The van der Waals surface area contributed by atoms with Crippen molar-refractivity contribution < 1.29 is 19.0 Å². The lowest BCUT2D eigenvalue weighted by Gasteiger charge is -2.55. The monoisotopic (exact) mass is 439 g/mol. The van der Waals surface area contributed by atoms with Crippen molar-refractivity contribution in [3.63, 3.8) is 0 Å². The van der Waals surface area contributed by atoms with Gasteiger partial charge < -0.3 is 14.2 Å². The Hall–Kier alpha value is -1.85. The second-order valence-electron chi connectivity index (χ2n) is 10.3. The van der Waals surface area contributed by atoms with Gasteiger partial charge in [0.25, 0.3) is 0 Å². The summed E-state index contributed by atoms with van der Waals surface area (Å²) in [6.07, 6.45) is 11.2. The molecule has 5 heteroatoms. The van der Waals surface area contributed by atoms with Crippen molar-refractivity contribution in [2.24, 2.45) is 23.2 Å². The zero-order chi connectivity index (χ0) is 22.0. The van der Waals surface area contributed by atoms with E-state index >= 15 is 0 Å². The summed E-state index contributed by atoms with van der Waals surface area (Å²) in [5.74, 6) is 4.23. The molecule has 5 aliphatic rings. The predicted molar refractivity (Wildman–Crippen MR) is 125 cm³/mol. The average molecular weight is 440 g/mol. The van der Waals surface area contributed by atoms with Crippen LogP contribution in [0.2, 0.25) is 0 Å². The molecule has 32 heavy (non-hydrogen) atoms. The topological polar surface area (TPSA) is 48.0 Å². The minimum absolute atomic E-state index is 0.0729. The van der Waals surface area contributed by atoms with Crippen molar-refractivity contribution in [3.8, 4) is 11.5 Å². The van der Waals surface area contributed by atoms with Gasteiger partial charge in [-0.3, -0.25) is 9.69 Å². The maximum atomic E-state index is 13.3. The zero-order valence-electron chi connectivity index (χ0n) is 19.4. The highest BCUT2D eigenvalue weighted by Crippen LogP contribution is 2.60. The first-order chi connectivity index (χ1) is 15.6. The Morgan fingerprint density at radius 1 is 1.06 bits per heavy atom. The molecule has 1 aromatic carbocycles. The van der Waals surface area contributed by atoms with Gasteiger partial charge in [-0.15, -0.1) is 0 Å². The molecule has 4 aliphatic carbocycles. The van der Waals surface area contributed by atoms with Crippen molar-refractivity contribution in [1.29, 1.82) is 0 Å². The third-order valence-electron chi connectivity index (χ3n) is 8.02. The van der Waals surface area contributed by atoms with Crippen LogP contribution in [-0.2, 0) is 9.53 Å². The molecule has 4 bridgehead atoms. The van der Waals surface area contributed by atoms with Gasteiger partial charge >= 0.3 is 0 Å². The van der Waals surface area contributed by atoms with E-state index in [9.17, 15) is 4.79 Å². The van der Waals surface area contributed by atoms with Crippen molar-refractivity contribution >= 4 is 11.9 Å². The van der Waals surface area contributed by atoms with Crippen LogP contribution in [0.5, 0.6) is 11.5 Å². The molecule has 0 unspecified atom stereocenters. The van der Waals surface area contributed by atoms with Crippen LogP contribution in [0.25, 0.3) is 6.08 Å².